The lowest BCUT2D eigenvalue weighted by molar-refractivity contribution is 0.122. The van der Waals surface area contributed by atoms with E-state index in [1.165, 1.54) is 5.39 Å². The lowest BCUT2D eigenvalue weighted by atomic mass is 9.93. The van der Waals surface area contributed by atoms with Gasteiger partial charge < -0.3 is 5.11 Å². The number of rotatable bonds is 3. The van der Waals surface area contributed by atoms with Gasteiger partial charge >= 0.3 is 0 Å². The Morgan fingerprint density at radius 3 is 2.43 bits per heavy atom. The molecule has 110 valence electrons. The van der Waals surface area contributed by atoms with Crippen LogP contribution in [0.4, 0.5) is 0 Å². The molecule has 0 aromatic heterocycles. The third-order valence-corrected chi connectivity index (χ3v) is 3.80. The normalized spacial score (nSPS) is 15.3. The molecule has 21 heavy (non-hydrogen) atoms. The molecule has 0 heterocycles. The molecule has 0 amide bonds. The van der Waals surface area contributed by atoms with E-state index in [0.29, 0.717) is 0 Å². The van der Waals surface area contributed by atoms with E-state index in [9.17, 15) is 5.11 Å². The second-order valence-electron chi connectivity index (χ2n) is 5.79. The summed E-state index contributed by atoms with van der Waals surface area (Å²) >= 11 is 0. The van der Waals surface area contributed by atoms with Crippen molar-refractivity contribution in [1.82, 2.24) is 4.90 Å². The highest BCUT2D eigenvalue weighted by molar-refractivity contribution is 5.83. The van der Waals surface area contributed by atoms with E-state index in [2.05, 4.69) is 35.8 Å². The summed E-state index contributed by atoms with van der Waals surface area (Å²) in [7, 11) is 4.02. The molecule has 2 atom stereocenters. The van der Waals surface area contributed by atoms with Crippen LogP contribution >= 0.6 is 0 Å². The smallest absolute Gasteiger partial charge is 0.148 e. The molecule has 2 aromatic carbocycles. The summed E-state index contributed by atoms with van der Waals surface area (Å²) in [5, 5.41) is 13.0. The molecule has 2 unspecified atom stereocenters. The maximum Gasteiger partial charge on any atom is 0.148 e. The summed E-state index contributed by atoms with van der Waals surface area (Å²) in [6.45, 7) is 3.86. The molecule has 2 aromatic rings. The SMILES string of the molecule is CCC(C#CC(C)(O)c1ccc2ccccc2c1)N(C)C. The second-order valence-corrected chi connectivity index (χ2v) is 5.79. The first-order valence-electron chi connectivity index (χ1n) is 7.35. The molecular weight excluding hydrogens is 258 g/mol. The molecular formula is C19H23NO. The lowest BCUT2D eigenvalue weighted by Crippen LogP contribution is -2.27. The molecule has 1 N–H and O–H groups in total. The third kappa shape index (κ3) is 3.64. The maximum absolute atomic E-state index is 10.7. The van der Waals surface area contributed by atoms with Crippen LogP contribution in [0.15, 0.2) is 42.5 Å². The van der Waals surface area contributed by atoms with Crippen molar-refractivity contribution in [1.29, 1.82) is 0 Å². The highest BCUT2D eigenvalue weighted by Crippen LogP contribution is 2.24. The van der Waals surface area contributed by atoms with Crippen LogP contribution in [0.25, 0.3) is 10.8 Å². The van der Waals surface area contributed by atoms with Gasteiger partial charge in [0, 0.05) is 0 Å². The summed E-state index contributed by atoms with van der Waals surface area (Å²) in [5.41, 5.74) is -0.296. The van der Waals surface area contributed by atoms with Crippen molar-refractivity contribution in [3.63, 3.8) is 0 Å². The molecule has 0 aliphatic carbocycles. The Bertz CT molecular complexity index is 677. The molecule has 0 fully saturated rings. The molecule has 0 saturated heterocycles. The quantitative estimate of drug-likeness (QED) is 0.872. The number of fused-ring (bicyclic) bond motifs is 1. The molecule has 0 spiro atoms. The second kappa shape index (κ2) is 6.30. The van der Waals surface area contributed by atoms with Crippen molar-refractivity contribution in [2.75, 3.05) is 14.1 Å². The van der Waals surface area contributed by atoms with Gasteiger partial charge in [0.1, 0.15) is 5.60 Å². The van der Waals surface area contributed by atoms with E-state index in [1.54, 1.807) is 6.92 Å². The van der Waals surface area contributed by atoms with Gasteiger partial charge in [-0.3, -0.25) is 4.90 Å². The van der Waals surface area contributed by atoms with Gasteiger partial charge in [-0.25, -0.2) is 0 Å². The van der Waals surface area contributed by atoms with Gasteiger partial charge in [-0.15, -0.1) is 0 Å². The molecule has 0 bridgehead atoms. The van der Waals surface area contributed by atoms with Crippen LogP contribution in [0.1, 0.15) is 25.8 Å². The number of nitrogens with zero attached hydrogens (tertiary/aromatic N) is 1. The Morgan fingerprint density at radius 2 is 1.81 bits per heavy atom. The lowest BCUT2D eigenvalue weighted by Gasteiger charge is -2.20. The van der Waals surface area contributed by atoms with E-state index in [0.717, 1.165) is 17.4 Å². The fourth-order valence-electron chi connectivity index (χ4n) is 2.38. The van der Waals surface area contributed by atoms with Crippen LogP contribution in [-0.4, -0.2) is 30.1 Å². The van der Waals surface area contributed by atoms with E-state index in [4.69, 9.17) is 0 Å². The standard InChI is InChI=1S/C19H23NO/c1-5-18(20(3)4)12-13-19(2,21)17-11-10-15-8-6-7-9-16(15)14-17/h6-11,14,18,21H,5H2,1-4H3. The maximum atomic E-state index is 10.7. The zero-order chi connectivity index (χ0) is 15.5. The molecule has 0 radical (unpaired) electrons. The largest absolute Gasteiger partial charge is 0.374 e. The average Bonchev–Trinajstić information content (AvgIpc) is 2.47. The summed E-state index contributed by atoms with van der Waals surface area (Å²) in [6.07, 6.45) is 0.938. The Morgan fingerprint density at radius 1 is 1.14 bits per heavy atom. The van der Waals surface area contributed by atoms with Crippen molar-refractivity contribution in [3.05, 3.63) is 48.0 Å². The van der Waals surface area contributed by atoms with Crippen LogP contribution in [0, 0.1) is 11.8 Å². The van der Waals surface area contributed by atoms with Gasteiger partial charge in [-0.1, -0.05) is 55.2 Å². The summed E-state index contributed by atoms with van der Waals surface area (Å²) < 4.78 is 0. The van der Waals surface area contributed by atoms with Crippen LogP contribution < -0.4 is 0 Å². The van der Waals surface area contributed by atoms with Crippen molar-refractivity contribution in [2.24, 2.45) is 0 Å². The van der Waals surface area contributed by atoms with Gasteiger partial charge in [0.25, 0.3) is 0 Å². The number of hydrogen-bond donors (Lipinski definition) is 1. The number of hydrogen-bond acceptors (Lipinski definition) is 2. The molecule has 0 saturated carbocycles. The molecule has 2 heteroatoms. The molecule has 0 aliphatic heterocycles. The summed E-state index contributed by atoms with van der Waals surface area (Å²) in [5.74, 6) is 6.22. The van der Waals surface area contributed by atoms with Gasteiger partial charge in [0.2, 0.25) is 0 Å². The van der Waals surface area contributed by atoms with Crippen LogP contribution in [0.3, 0.4) is 0 Å². The van der Waals surface area contributed by atoms with Crippen molar-refractivity contribution in [2.45, 2.75) is 31.9 Å². The van der Waals surface area contributed by atoms with Gasteiger partial charge in [-0.05, 0) is 49.8 Å². The highest BCUT2D eigenvalue weighted by Gasteiger charge is 2.20. The van der Waals surface area contributed by atoms with E-state index in [1.807, 2.05) is 44.4 Å². The zero-order valence-electron chi connectivity index (χ0n) is 13.2. The van der Waals surface area contributed by atoms with E-state index >= 15 is 0 Å². The molecule has 2 rings (SSSR count). The predicted octanol–water partition coefficient (Wildman–Crippen LogP) is 3.39. The zero-order valence-corrected chi connectivity index (χ0v) is 13.2. The number of aliphatic hydroxyl groups is 1. The van der Waals surface area contributed by atoms with E-state index in [-0.39, 0.29) is 6.04 Å². The average molecular weight is 281 g/mol. The van der Waals surface area contributed by atoms with Gasteiger partial charge in [0.15, 0.2) is 0 Å². The minimum Gasteiger partial charge on any atom is -0.374 e. The predicted molar refractivity (Wildman–Crippen MR) is 89.1 cm³/mol. The highest BCUT2D eigenvalue weighted by atomic mass is 16.3. The monoisotopic (exact) mass is 281 g/mol. The van der Waals surface area contributed by atoms with Crippen molar-refractivity contribution >= 4 is 10.8 Å². The minimum atomic E-state index is -1.13. The summed E-state index contributed by atoms with van der Waals surface area (Å²) in [4.78, 5) is 2.07. The van der Waals surface area contributed by atoms with Crippen LogP contribution in [-0.2, 0) is 5.60 Å². The first-order chi connectivity index (χ1) is 9.94. The Hall–Kier alpha value is -1.82. The molecule has 0 aliphatic rings. The van der Waals surface area contributed by atoms with Crippen LogP contribution in [0.2, 0.25) is 0 Å². The Kier molecular flexibility index (Phi) is 4.67. The first-order valence-corrected chi connectivity index (χ1v) is 7.35. The number of benzene rings is 2. The fourth-order valence-corrected chi connectivity index (χ4v) is 2.38. The third-order valence-electron chi connectivity index (χ3n) is 3.80. The Balaban J connectivity index is 2.35. The Labute approximate surface area is 127 Å². The van der Waals surface area contributed by atoms with Crippen molar-refractivity contribution in [3.8, 4) is 11.8 Å². The summed E-state index contributed by atoms with van der Waals surface area (Å²) in [6, 6.07) is 14.3. The fraction of sp³-hybridized carbons (Fsp3) is 0.368. The first kappa shape index (κ1) is 15.6. The molecule has 2 nitrogen and oxygen atoms in total. The van der Waals surface area contributed by atoms with E-state index < -0.39 is 5.60 Å². The van der Waals surface area contributed by atoms with Crippen molar-refractivity contribution < 1.29 is 5.11 Å². The van der Waals surface area contributed by atoms with Gasteiger partial charge in [0.05, 0.1) is 6.04 Å². The van der Waals surface area contributed by atoms with Crippen LogP contribution in [0.5, 0.6) is 0 Å². The topological polar surface area (TPSA) is 23.5 Å². The minimum absolute atomic E-state index is 0.164. The van der Waals surface area contributed by atoms with Gasteiger partial charge in [-0.2, -0.15) is 0 Å².